The number of methoxy groups -OCH3 is 1. The number of carbonyl (C=O) groups excluding carboxylic acids is 1. The smallest absolute Gasteiger partial charge is 0.384 e. The third-order valence-corrected chi connectivity index (χ3v) is 1.71. The molecule has 0 radical (unpaired) electrons. The maximum atomic E-state index is 11.7. The van der Waals surface area contributed by atoms with E-state index in [1.165, 1.54) is 0 Å². The number of alkyl halides is 3. The van der Waals surface area contributed by atoms with Crippen LogP contribution in [0.1, 0.15) is 6.92 Å². The summed E-state index contributed by atoms with van der Waals surface area (Å²) in [7, 11) is 1.54. The lowest BCUT2D eigenvalue weighted by Crippen LogP contribution is -2.39. The number of carbonyl (C=O) groups is 1. The van der Waals surface area contributed by atoms with Crippen molar-refractivity contribution in [2.45, 2.75) is 13.1 Å². The molecule has 1 atom stereocenters. The zero-order valence-corrected chi connectivity index (χ0v) is 9.36. The van der Waals surface area contributed by atoms with Crippen LogP contribution in [-0.4, -0.2) is 45.4 Å². The Morgan fingerprint density at radius 3 is 2.56 bits per heavy atom. The van der Waals surface area contributed by atoms with Crippen LogP contribution < -0.4 is 10.6 Å². The van der Waals surface area contributed by atoms with Crippen molar-refractivity contribution in [2.75, 3.05) is 33.4 Å². The maximum absolute atomic E-state index is 11.7. The third kappa shape index (κ3) is 9.72. The lowest BCUT2D eigenvalue weighted by Gasteiger charge is -2.12. The first-order valence-corrected chi connectivity index (χ1v) is 4.88. The zero-order valence-electron chi connectivity index (χ0n) is 9.36. The topological polar surface area (TPSA) is 50.4 Å². The Morgan fingerprint density at radius 2 is 2.06 bits per heavy atom. The van der Waals surface area contributed by atoms with Gasteiger partial charge in [0.25, 0.3) is 0 Å². The summed E-state index contributed by atoms with van der Waals surface area (Å²) >= 11 is 0. The molecule has 0 aromatic heterocycles. The molecule has 2 N–H and O–H groups in total. The van der Waals surface area contributed by atoms with Crippen molar-refractivity contribution in [1.29, 1.82) is 0 Å². The maximum Gasteiger partial charge on any atom is 0.401 e. The second-order valence-electron chi connectivity index (χ2n) is 3.58. The molecule has 0 aromatic carbocycles. The summed E-state index contributed by atoms with van der Waals surface area (Å²) in [6.45, 7) is 1.26. The van der Waals surface area contributed by atoms with E-state index in [1.807, 2.05) is 12.2 Å². The van der Waals surface area contributed by atoms with Crippen molar-refractivity contribution in [1.82, 2.24) is 10.6 Å². The number of rotatable bonds is 7. The molecule has 0 aromatic rings. The van der Waals surface area contributed by atoms with E-state index in [0.29, 0.717) is 13.2 Å². The van der Waals surface area contributed by atoms with Crippen molar-refractivity contribution >= 4 is 5.91 Å². The van der Waals surface area contributed by atoms with E-state index in [-0.39, 0.29) is 12.5 Å². The lowest BCUT2D eigenvalue weighted by atomic mass is 10.2. The summed E-state index contributed by atoms with van der Waals surface area (Å²) in [5.74, 6) is -0.316. The van der Waals surface area contributed by atoms with Gasteiger partial charge in [-0.2, -0.15) is 13.2 Å². The highest BCUT2D eigenvalue weighted by atomic mass is 19.4. The molecule has 0 aliphatic rings. The molecule has 0 saturated carbocycles. The van der Waals surface area contributed by atoms with Crippen LogP contribution in [0.25, 0.3) is 0 Å². The van der Waals surface area contributed by atoms with Gasteiger partial charge in [0.1, 0.15) is 0 Å². The average molecular weight is 242 g/mol. The van der Waals surface area contributed by atoms with Gasteiger partial charge in [0.15, 0.2) is 0 Å². The van der Waals surface area contributed by atoms with Gasteiger partial charge in [-0.3, -0.25) is 4.79 Å². The molecule has 0 aliphatic heterocycles. The van der Waals surface area contributed by atoms with Gasteiger partial charge in [-0.25, -0.2) is 0 Å². The molecule has 1 unspecified atom stereocenters. The van der Waals surface area contributed by atoms with Gasteiger partial charge in [-0.15, -0.1) is 0 Å². The monoisotopic (exact) mass is 242 g/mol. The highest BCUT2D eigenvalue weighted by Gasteiger charge is 2.26. The van der Waals surface area contributed by atoms with E-state index >= 15 is 0 Å². The van der Waals surface area contributed by atoms with E-state index in [4.69, 9.17) is 4.74 Å². The largest absolute Gasteiger partial charge is 0.401 e. The fourth-order valence-corrected chi connectivity index (χ4v) is 1.01. The van der Waals surface area contributed by atoms with Gasteiger partial charge in [0.2, 0.25) is 5.91 Å². The lowest BCUT2D eigenvalue weighted by molar-refractivity contribution is -0.128. The SMILES string of the molecule is COCC(C)CNC(=O)CNCC(F)(F)F. The Morgan fingerprint density at radius 1 is 1.44 bits per heavy atom. The van der Waals surface area contributed by atoms with Crippen LogP contribution in [0.2, 0.25) is 0 Å². The normalized spacial score (nSPS) is 13.6. The van der Waals surface area contributed by atoms with Crippen LogP contribution in [-0.2, 0) is 9.53 Å². The minimum absolute atomic E-state index is 0.136. The molecule has 96 valence electrons. The standard InChI is InChI=1S/C9H17F3N2O2/c1-7(5-16-2)3-14-8(15)4-13-6-9(10,11)12/h7,13H,3-6H2,1-2H3,(H,14,15). The molecule has 1 amide bonds. The van der Waals surface area contributed by atoms with Gasteiger partial charge in [0, 0.05) is 13.7 Å². The van der Waals surface area contributed by atoms with E-state index < -0.39 is 18.6 Å². The predicted molar refractivity (Wildman–Crippen MR) is 53.0 cm³/mol. The molecule has 0 spiro atoms. The highest BCUT2D eigenvalue weighted by Crippen LogP contribution is 2.11. The van der Waals surface area contributed by atoms with Crippen molar-refractivity contribution in [3.05, 3.63) is 0 Å². The van der Waals surface area contributed by atoms with E-state index in [1.54, 1.807) is 7.11 Å². The summed E-state index contributed by atoms with van der Waals surface area (Å²) in [6, 6.07) is 0. The van der Waals surface area contributed by atoms with Gasteiger partial charge < -0.3 is 15.4 Å². The Bertz CT molecular complexity index is 209. The van der Waals surface area contributed by atoms with Crippen molar-refractivity contribution in [3.8, 4) is 0 Å². The van der Waals surface area contributed by atoms with Crippen molar-refractivity contribution < 1.29 is 22.7 Å². The molecule has 0 bridgehead atoms. The summed E-state index contributed by atoms with van der Waals surface area (Å²) in [5.41, 5.74) is 0. The Labute approximate surface area is 92.5 Å². The van der Waals surface area contributed by atoms with Crippen LogP contribution in [0.3, 0.4) is 0 Å². The molecule has 0 aliphatic carbocycles. The minimum Gasteiger partial charge on any atom is -0.384 e. The van der Waals surface area contributed by atoms with Gasteiger partial charge in [0.05, 0.1) is 19.7 Å². The van der Waals surface area contributed by atoms with Crippen LogP contribution in [0.5, 0.6) is 0 Å². The van der Waals surface area contributed by atoms with Gasteiger partial charge >= 0.3 is 6.18 Å². The van der Waals surface area contributed by atoms with Crippen LogP contribution in [0, 0.1) is 5.92 Å². The Hall–Kier alpha value is -0.820. The number of halogens is 3. The Kier molecular flexibility index (Phi) is 7.07. The van der Waals surface area contributed by atoms with Crippen molar-refractivity contribution in [3.63, 3.8) is 0 Å². The number of nitrogens with one attached hydrogen (secondary N) is 2. The molecule has 16 heavy (non-hydrogen) atoms. The summed E-state index contributed by atoms with van der Waals surface area (Å²) < 4.78 is 40.0. The predicted octanol–water partition coefficient (Wildman–Crippen LogP) is 0.537. The molecule has 0 fully saturated rings. The fraction of sp³-hybridized carbons (Fsp3) is 0.889. The van der Waals surface area contributed by atoms with Crippen LogP contribution in [0.15, 0.2) is 0 Å². The first kappa shape index (κ1) is 15.2. The quantitative estimate of drug-likeness (QED) is 0.685. The molecule has 0 saturated heterocycles. The zero-order chi connectivity index (χ0) is 12.6. The highest BCUT2D eigenvalue weighted by molar-refractivity contribution is 5.77. The van der Waals surface area contributed by atoms with E-state index in [0.717, 1.165) is 0 Å². The summed E-state index contributed by atoms with van der Waals surface area (Å²) in [6.07, 6.45) is -4.29. The number of hydrogen-bond acceptors (Lipinski definition) is 3. The summed E-state index contributed by atoms with van der Waals surface area (Å²) in [5, 5.41) is 4.52. The number of hydrogen-bond donors (Lipinski definition) is 2. The molecular formula is C9H17F3N2O2. The van der Waals surface area contributed by atoms with Crippen LogP contribution in [0.4, 0.5) is 13.2 Å². The summed E-state index contributed by atoms with van der Waals surface area (Å²) in [4.78, 5) is 11.1. The Balaban J connectivity index is 3.52. The van der Waals surface area contributed by atoms with E-state index in [9.17, 15) is 18.0 Å². The van der Waals surface area contributed by atoms with Crippen LogP contribution >= 0.6 is 0 Å². The van der Waals surface area contributed by atoms with Gasteiger partial charge in [-0.05, 0) is 5.92 Å². The van der Waals surface area contributed by atoms with Crippen molar-refractivity contribution in [2.24, 2.45) is 5.92 Å². The molecule has 7 heteroatoms. The number of ether oxygens (including phenoxy) is 1. The third-order valence-electron chi connectivity index (χ3n) is 1.71. The first-order chi connectivity index (χ1) is 7.35. The number of amides is 1. The molecule has 0 rings (SSSR count). The minimum atomic E-state index is -4.29. The first-order valence-electron chi connectivity index (χ1n) is 4.88. The second-order valence-corrected chi connectivity index (χ2v) is 3.58. The average Bonchev–Trinajstić information content (AvgIpc) is 2.13. The second kappa shape index (κ2) is 7.45. The fourth-order valence-electron chi connectivity index (χ4n) is 1.01. The molecular weight excluding hydrogens is 225 g/mol. The van der Waals surface area contributed by atoms with E-state index in [2.05, 4.69) is 5.32 Å². The van der Waals surface area contributed by atoms with Gasteiger partial charge in [-0.1, -0.05) is 6.92 Å². The molecule has 0 heterocycles. The molecule has 4 nitrogen and oxygen atoms in total.